The van der Waals surface area contributed by atoms with Crippen LogP contribution in [0.5, 0.6) is 0 Å². The predicted molar refractivity (Wildman–Crippen MR) is 309 cm³/mol. The van der Waals surface area contributed by atoms with E-state index in [1.54, 1.807) is 6.92 Å². The van der Waals surface area contributed by atoms with Crippen LogP contribution in [0.25, 0.3) is 0 Å². The molecule has 528 valence electrons. The Morgan fingerprint density at radius 3 is 1.67 bits per heavy atom. The summed E-state index contributed by atoms with van der Waals surface area (Å²) in [5.41, 5.74) is -1.24. The molecule has 6 saturated heterocycles. The summed E-state index contributed by atoms with van der Waals surface area (Å²) in [4.78, 5) is 15.2. The minimum absolute atomic E-state index is 0.134. The van der Waals surface area contributed by atoms with Crippen molar-refractivity contribution in [3.63, 3.8) is 0 Å². The number of aliphatic hydroxyl groups is 16. The summed E-state index contributed by atoms with van der Waals surface area (Å²) in [6.07, 6.45) is -34.0. The smallest absolute Gasteiger partial charge is 0.315 e. The molecule has 10 fully saturated rings. The molecule has 11 aliphatic rings. The number of ether oxygens (including phenoxy) is 12. The van der Waals surface area contributed by atoms with Crippen molar-refractivity contribution in [3.05, 3.63) is 11.6 Å². The van der Waals surface area contributed by atoms with Crippen LogP contribution in [0.15, 0.2) is 11.6 Å². The molecule has 0 radical (unpaired) electrons. The number of hydrogen-bond acceptors (Lipinski definition) is 29. The van der Waals surface area contributed by atoms with Gasteiger partial charge in [0.05, 0.1) is 50.7 Å². The molecule has 0 amide bonds. The lowest BCUT2D eigenvalue weighted by Gasteiger charge is -2.71. The second-order valence-corrected chi connectivity index (χ2v) is 30.5. The summed E-state index contributed by atoms with van der Waals surface area (Å²) in [5.74, 6) is -0.505. The zero-order valence-corrected chi connectivity index (χ0v) is 53.5. The molecule has 5 aliphatic carbocycles. The average Bonchev–Trinajstić information content (AvgIpc) is 0.676. The van der Waals surface area contributed by atoms with Crippen LogP contribution in [-0.2, 0) is 61.6 Å². The number of allylic oxidation sites excluding steroid dienone is 2. The molecule has 0 spiro atoms. The molecular weight excluding hydrogens is 1220 g/mol. The fourth-order valence-electron chi connectivity index (χ4n) is 18.6. The largest absolute Gasteiger partial charge is 0.432 e. The van der Waals surface area contributed by atoms with Crippen LogP contribution < -0.4 is 0 Å². The van der Waals surface area contributed by atoms with Gasteiger partial charge in [-0.2, -0.15) is 0 Å². The Bertz CT molecular complexity index is 2580. The summed E-state index contributed by atoms with van der Waals surface area (Å²) in [5, 5.41) is 173. The van der Waals surface area contributed by atoms with Gasteiger partial charge in [-0.25, -0.2) is 0 Å². The van der Waals surface area contributed by atoms with E-state index in [1.165, 1.54) is 5.57 Å². The average molecular weight is 1320 g/mol. The van der Waals surface area contributed by atoms with Crippen LogP contribution in [0.1, 0.15) is 120 Å². The first-order valence-electron chi connectivity index (χ1n) is 32.9. The number of carbonyl (C=O) groups is 1. The predicted octanol–water partition coefficient (Wildman–Crippen LogP) is -3.44. The molecule has 92 heavy (non-hydrogen) atoms. The lowest BCUT2D eigenvalue weighted by Crippen LogP contribution is -2.67. The topological polar surface area (TPSA) is 452 Å². The molecule has 6 aliphatic heterocycles. The van der Waals surface area contributed by atoms with Crippen molar-refractivity contribution in [3.8, 4) is 0 Å². The van der Waals surface area contributed by atoms with Crippen LogP contribution in [0.4, 0.5) is 0 Å². The number of aliphatic hydroxyl groups excluding tert-OH is 16. The Balaban J connectivity index is 0.737. The maximum atomic E-state index is 15.2. The van der Waals surface area contributed by atoms with Gasteiger partial charge in [-0.3, -0.25) is 4.79 Å². The van der Waals surface area contributed by atoms with Crippen molar-refractivity contribution in [2.45, 2.75) is 292 Å². The van der Waals surface area contributed by atoms with Crippen LogP contribution >= 0.6 is 0 Å². The van der Waals surface area contributed by atoms with E-state index >= 15 is 4.79 Å². The van der Waals surface area contributed by atoms with E-state index in [0.717, 1.165) is 25.7 Å². The Labute approximate surface area is 534 Å². The van der Waals surface area contributed by atoms with E-state index in [0.29, 0.717) is 38.5 Å². The Kier molecular flexibility index (Phi) is 20.7. The van der Waals surface area contributed by atoms with E-state index in [2.05, 4.69) is 54.5 Å². The van der Waals surface area contributed by atoms with Gasteiger partial charge in [0.2, 0.25) is 6.29 Å². The molecule has 29 nitrogen and oxygen atoms in total. The first kappa shape index (κ1) is 71.4. The summed E-state index contributed by atoms with van der Waals surface area (Å²) < 4.78 is 70.5. The lowest BCUT2D eigenvalue weighted by atomic mass is 9.33. The number of esters is 1. The number of carbonyl (C=O) groups excluding carboxylic acids is 1. The van der Waals surface area contributed by atoms with Crippen LogP contribution in [0.3, 0.4) is 0 Å². The van der Waals surface area contributed by atoms with Gasteiger partial charge in [0.15, 0.2) is 31.5 Å². The van der Waals surface area contributed by atoms with Crippen LogP contribution in [0, 0.1) is 50.2 Å². The van der Waals surface area contributed by atoms with Gasteiger partial charge in [0.25, 0.3) is 0 Å². The zero-order valence-electron chi connectivity index (χ0n) is 53.5. The zero-order chi connectivity index (χ0) is 66.9. The van der Waals surface area contributed by atoms with Crippen molar-refractivity contribution in [2.75, 3.05) is 33.0 Å². The van der Waals surface area contributed by atoms with Crippen LogP contribution in [-0.4, -0.2) is 293 Å². The Morgan fingerprint density at radius 2 is 1.03 bits per heavy atom. The molecule has 6 heterocycles. The van der Waals surface area contributed by atoms with Crippen molar-refractivity contribution < 1.29 is 143 Å². The van der Waals surface area contributed by atoms with E-state index in [1.807, 2.05) is 0 Å². The Morgan fingerprint density at radius 1 is 0.500 bits per heavy atom. The fourth-order valence-corrected chi connectivity index (χ4v) is 18.6. The maximum Gasteiger partial charge on any atom is 0.315 e. The van der Waals surface area contributed by atoms with Gasteiger partial charge >= 0.3 is 5.97 Å². The number of hydrogen-bond donors (Lipinski definition) is 16. The molecule has 35 atom stereocenters. The molecular formula is C63H102O29. The molecule has 4 saturated carbocycles. The molecule has 0 aromatic carbocycles. The summed E-state index contributed by atoms with van der Waals surface area (Å²) >= 11 is 0. The van der Waals surface area contributed by atoms with Gasteiger partial charge in [-0.1, -0.05) is 60.1 Å². The third kappa shape index (κ3) is 12.2. The van der Waals surface area contributed by atoms with Crippen molar-refractivity contribution in [1.29, 1.82) is 0 Å². The highest BCUT2D eigenvalue weighted by molar-refractivity contribution is 5.79. The molecule has 0 aromatic rings. The molecule has 16 N–H and O–H groups in total. The second kappa shape index (κ2) is 26.7. The molecule has 0 aromatic heterocycles. The monoisotopic (exact) mass is 1320 g/mol. The van der Waals surface area contributed by atoms with E-state index < -0.39 is 215 Å². The Hall–Kier alpha value is -1.87. The third-order valence-electron chi connectivity index (χ3n) is 24.4. The second-order valence-electron chi connectivity index (χ2n) is 30.5. The number of rotatable bonds is 14. The van der Waals surface area contributed by atoms with Gasteiger partial charge in [0.1, 0.15) is 122 Å². The SMILES string of the molecule is CC1OC(OC2CCC3(C)C(CCC4(C)C3CC=C3C5CC(C)(C)CCC5(C(=O)OC5OC(CO)C(OC6OCC(OC7OCC(O)C(O)C7O)C(O)C6O)C(O)C5O)CCC34C)C2(C)C)C(O)C(O)C1OC1OC(CO)C(O)C(OC2OCC(O)C(O)C2O)C1O. The molecule has 29 heteroatoms. The standard InChI is InChI=1S/C63H102O29/c1-25-48(89-56-47(79)50(39(71)30(20-64)85-56)91-52-43(75)37(69)29(67)23-82-52)40(72)45(77)54(84-25)88-35-12-13-60(6)33(59(35,4)5)11-14-62(8)34(60)10-9-26-27-19-58(2,3)15-17-63(27,18-16-61(26,62)7)57(80)92-55-46(78)41(73)49(31(21-65)86-55)90-53-44(76)38(70)32(24-83-53)87-51-42(74)36(68)28(66)22-81-51/h9,25,27-56,64-79H,10-24H2,1-8H3. The van der Waals surface area contributed by atoms with E-state index in [9.17, 15) is 81.7 Å². The van der Waals surface area contributed by atoms with E-state index in [4.69, 9.17) is 56.8 Å². The van der Waals surface area contributed by atoms with Gasteiger partial charge in [-0.15, -0.1) is 0 Å². The minimum Gasteiger partial charge on any atom is -0.432 e. The first-order chi connectivity index (χ1) is 43.2. The normalized spacial score (nSPS) is 54.3. The highest BCUT2D eigenvalue weighted by Gasteiger charge is 2.70. The highest BCUT2D eigenvalue weighted by Crippen LogP contribution is 2.76. The van der Waals surface area contributed by atoms with Gasteiger partial charge in [-0.05, 0) is 116 Å². The fraction of sp³-hybridized carbons (Fsp3) is 0.952. The minimum atomic E-state index is -1.90. The molecule has 35 unspecified atom stereocenters. The lowest BCUT2D eigenvalue weighted by molar-refractivity contribution is -0.378. The van der Waals surface area contributed by atoms with Gasteiger partial charge < -0.3 is 139 Å². The van der Waals surface area contributed by atoms with Crippen molar-refractivity contribution >= 4 is 5.97 Å². The summed E-state index contributed by atoms with van der Waals surface area (Å²) in [7, 11) is 0. The van der Waals surface area contributed by atoms with E-state index in [-0.39, 0.29) is 46.0 Å². The summed E-state index contributed by atoms with van der Waals surface area (Å²) in [6, 6.07) is 0. The van der Waals surface area contributed by atoms with Gasteiger partial charge in [0, 0.05) is 0 Å². The third-order valence-corrected chi connectivity index (χ3v) is 24.4. The van der Waals surface area contributed by atoms with Crippen LogP contribution in [0.2, 0.25) is 0 Å². The molecule has 11 rings (SSSR count). The quantitative estimate of drug-likeness (QED) is 0.0457. The maximum absolute atomic E-state index is 15.2. The first-order valence-corrected chi connectivity index (χ1v) is 32.9. The highest BCUT2D eigenvalue weighted by atomic mass is 16.8. The summed E-state index contributed by atoms with van der Waals surface area (Å²) in [6.45, 7) is 14.7. The van der Waals surface area contributed by atoms with Crippen molar-refractivity contribution in [1.82, 2.24) is 0 Å². The van der Waals surface area contributed by atoms with Crippen molar-refractivity contribution in [2.24, 2.45) is 50.2 Å². The molecule has 0 bridgehead atoms. The number of fused-ring (bicyclic) bond motifs is 7.